The molecule has 1 aromatic carbocycles. The Morgan fingerprint density at radius 3 is 2.57 bits per heavy atom. The zero-order valence-corrected chi connectivity index (χ0v) is 17.8. The highest BCUT2D eigenvalue weighted by Gasteiger charge is 2.66. The molecule has 2 N–H and O–H groups in total. The highest BCUT2D eigenvalue weighted by Crippen LogP contribution is 2.59. The monoisotopic (exact) mass is 433 g/mol. The lowest BCUT2D eigenvalue weighted by atomic mass is 9.65. The van der Waals surface area contributed by atoms with Crippen molar-refractivity contribution in [3.63, 3.8) is 0 Å². The summed E-state index contributed by atoms with van der Waals surface area (Å²) in [5.74, 6) is -3.24. The average Bonchev–Trinajstić information content (AvgIpc) is 3.18. The van der Waals surface area contributed by atoms with Gasteiger partial charge in [0.25, 0.3) is 0 Å². The van der Waals surface area contributed by atoms with E-state index in [1.54, 1.807) is 6.07 Å². The van der Waals surface area contributed by atoms with E-state index in [9.17, 15) is 19.8 Å². The van der Waals surface area contributed by atoms with E-state index in [0.717, 1.165) is 32.1 Å². The van der Waals surface area contributed by atoms with Crippen LogP contribution >= 0.6 is 11.6 Å². The molecule has 162 valence electrons. The number of likely N-dealkylation sites (tertiary alicyclic amines) is 1. The smallest absolute Gasteiger partial charge is 0.233 e. The van der Waals surface area contributed by atoms with Crippen molar-refractivity contribution in [1.29, 1.82) is 0 Å². The van der Waals surface area contributed by atoms with Gasteiger partial charge in [0.15, 0.2) is 5.79 Å². The van der Waals surface area contributed by atoms with Gasteiger partial charge < -0.3 is 14.9 Å². The summed E-state index contributed by atoms with van der Waals surface area (Å²) < 4.78 is 6.15. The molecule has 2 aliphatic heterocycles. The van der Waals surface area contributed by atoms with Crippen molar-refractivity contribution < 1.29 is 24.5 Å². The van der Waals surface area contributed by atoms with Crippen LogP contribution in [0.15, 0.2) is 18.2 Å². The van der Waals surface area contributed by atoms with E-state index in [4.69, 9.17) is 16.3 Å². The highest BCUT2D eigenvalue weighted by atomic mass is 35.5. The van der Waals surface area contributed by atoms with Crippen molar-refractivity contribution in [2.45, 2.75) is 69.8 Å². The number of phenolic OH excluding ortho intramolecular Hbond substituents is 1. The van der Waals surface area contributed by atoms with Crippen LogP contribution in [-0.4, -0.2) is 38.8 Å². The van der Waals surface area contributed by atoms with E-state index >= 15 is 0 Å². The molecule has 2 amide bonds. The Morgan fingerprint density at radius 2 is 1.87 bits per heavy atom. The molecule has 2 heterocycles. The number of halogens is 1. The summed E-state index contributed by atoms with van der Waals surface area (Å²) in [6.07, 6.45) is 5.39. The molecule has 2 saturated carbocycles. The minimum atomic E-state index is -1.47. The quantitative estimate of drug-likeness (QED) is 0.693. The maximum Gasteiger partial charge on any atom is 0.233 e. The van der Waals surface area contributed by atoms with Gasteiger partial charge in [-0.05, 0) is 43.4 Å². The van der Waals surface area contributed by atoms with Crippen LogP contribution in [0.25, 0.3) is 0 Å². The van der Waals surface area contributed by atoms with E-state index in [-0.39, 0.29) is 35.4 Å². The number of rotatable bonds is 2. The Balaban J connectivity index is 1.47. The van der Waals surface area contributed by atoms with Crippen molar-refractivity contribution in [1.82, 2.24) is 4.90 Å². The molecule has 5 rings (SSSR count). The van der Waals surface area contributed by atoms with Gasteiger partial charge in [0.05, 0.1) is 23.0 Å². The molecular weight excluding hydrogens is 406 g/mol. The third-order valence-corrected chi connectivity index (χ3v) is 8.19. The van der Waals surface area contributed by atoms with Gasteiger partial charge in [-0.3, -0.25) is 14.5 Å². The number of hydrogen-bond acceptors (Lipinski definition) is 5. The van der Waals surface area contributed by atoms with E-state index in [1.807, 2.05) is 6.92 Å². The maximum absolute atomic E-state index is 13.5. The third kappa shape index (κ3) is 2.91. The fourth-order valence-corrected chi connectivity index (χ4v) is 6.63. The van der Waals surface area contributed by atoms with E-state index in [0.29, 0.717) is 23.4 Å². The number of aliphatic hydroxyl groups is 1. The summed E-state index contributed by atoms with van der Waals surface area (Å²) in [5, 5.41) is 21.5. The van der Waals surface area contributed by atoms with Gasteiger partial charge in [0.1, 0.15) is 5.75 Å². The number of carbonyl (C=O) groups is 2. The van der Waals surface area contributed by atoms with Crippen LogP contribution in [0.3, 0.4) is 0 Å². The number of nitrogens with zero attached hydrogens (tertiary/aromatic N) is 1. The second-order valence-corrected chi connectivity index (χ2v) is 9.92. The molecule has 6 nitrogen and oxygen atoms in total. The summed E-state index contributed by atoms with van der Waals surface area (Å²) in [4.78, 5) is 28.3. The Kier molecular flexibility index (Phi) is 4.88. The molecule has 4 fully saturated rings. The normalized spacial score (nSPS) is 39.3. The van der Waals surface area contributed by atoms with Crippen LogP contribution in [-0.2, 0) is 14.3 Å². The molecular formula is C23H28ClNO5. The second-order valence-electron chi connectivity index (χ2n) is 9.51. The number of phenols is 1. The number of fused-ring (bicyclic) bond motifs is 3. The minimum Gasteiger partial charge on any atom is -0.508 e. The summed E-state index contributed by atoms with van der Waals surface area (Å²) in [7, 11) is 0. The fourth-order valence-electron chi connectivity index (χ4n) is 6.34. The lowest BCUT2D eigenvalue weighted by Gasteiger charge is -2.43. The number of hydrogen-bond donors (Lipinski definition) is 2. The first-order chi connectivity index (χ1) is 14.3. The minimum absolute atomic E-state index is 0.00240. The van der Waals surface area contributed by atoms with Gasteiger partial charge in [0.2, 0.25) is 11.8 Å². The number of benzene rings is 1. The zero-order valence-electron chi connectivity index (χ0n) is 17.1. The number of carbonyl (C=O) groups excluding carboxylic acids is 2. The molecule has 1 aromatic rings. The predicted octanol–water partition coefficient (Wildman–Crippen LogP) is 3.79. The van der Waals surface area contributed by atoms with E-state index in [2.05, 4.69) is 0 Å². The first-order valence-corrected chi connectivity index (χ1v) is 11.4. The van der Waals surface area contributed by atoms with Crippen LogP contribution in [0.1, 0.15) is 63.5 Å². The van der Waals surface area contributed by atoms with Crippen LogP contribution in [0, 0.1) is 23.7 Å². The Morgan fingerprint density at radius 1 is 1.13 bits per heavy atom. The molecule has 7 heteroatoms. The fraction of sp³-hybridized carbons (Fsp3) is 0.652. The molecule has 0 unspecified atom stereocenters. The van der Waals surface area contributed by atoms with Gasteiger partial charge >= 0.3 is 0 Å². The Hall–Kier alpha value is -1.63. The molecule has 4 aliphatic rings. The number of aromatic hydroxyl groups is 1. The van der Waals surface area contributed by atoms with Crippen molar-refractivity contribution >= 4 is 23.4 Å². The van der Waals surface area contributed by atoms with Crippen molar-refractivity contribution in [3.05, 3.63) is 28.8 Å². The summed E-state index contributed by atoms with van der Waals surface area (Å²) in [6.45, 7) is 1.89. The van der Waals surface area contributed by atoms with Crippen LogP contribution in [0.2, 0.25) is 5.02 Å². The number of ether oxygens (including phenoxy) is 1. The van der Waals surface area contributed by atoms with Crippen LogP contribution in [0.4, 0.5) is 0 Å². The van der Waals surface area contributed by atoms with Gasteiger partial charge in [0, 0.05) is 17.9 Å². The van der Waals surface area contributed by atoms with Crippen LogP contribution < -0.4 is 0 Å². The standard InChI is InChI=1S/C23H28ClNO5/c1-12-9-16-20(22(28)25(21(16)27)13-5-3-2-4-6-13)17-11-19(30-23(12,17)29)15-8-7-14(26)10-18(15)24/h7-8,10,12-13,16-17,19-20,26,29H,2-6,9,11H2,1H3/t12-,16-,17-,19-,20-,23+/m0/s1. The maximum atomic E-state index is 13.5. The topological polar surface area (TPSA) is 87.1 Å². The van der Waals surface area contributed by atoms with Crippen molar-refractivity contribution in [3.8, 4) is 5.75 Å². The molecule has 2 aliphatic carbocycles. The third-order valence-electron chi connectivity index (χ3n) is 7.86. The van der Waals surface area contributed by atoms with Crippen LogP contribution in [0.5, 0.6) is 5.75 Å². The summed E-state index contributed by atoms with van der Waals surface area (Å²) in [5.41, 5.74) is 0.682. The lowest BCUT2D eigenvalue weighted by molar-refractivity contribution is -0.265. The molecule has 0 bridgehead atoms. The largest absolute Gasteiger partial charge is 0.508 e. The van der Waals surface area contributed by atoms with Gasteiger partial charge in [-0.15, -0.1) is 0 Å². The zero-order chi connectivity index (χ0) is 21.2. The number of imide groups is 1. The van der Waals surface area contributed by atoms with E-state index < -0.39 is 23.7 Å². The molecule has 0 aromatic heterocycles. The first-order valence-electron chi connectivity index (χ1n) is 11.1. The Labute approximate surface area is 181 Å². The SMILES string of the molecule is C[C@H]1C[C@@H]2C(=O)N(C3CCCCC3)C(=O)[C@@H]2[C@@H]2C[C@@H](c3ccc(O)cc3Cl)O[C@]12O. The number of amides is 2. The Bertz CT molecular complexity index is 884. The molecule has 30 heavy (non-hydrogen) atoms. The molecule has 2 saturated heterocycles. The predicted molar refractivity (Wildman–Crippen MR) is 109 cm³/mol. The average molecular weight is 434 g/mol. The van der Waals surface area contributed by atoms with Crippen molar-refractivity contribution in [2.24, 2.45) is 23.7 Å². The summed E-state index contributed by atoms with van der Waals surface area (Å²) >= 11 is 6.33. The van der Waals surface area contributed by atoms with Gasteiger partial charge in [-0.1, -0.05) is 43.9 Å². The lowest BCUT2D eigenvalue weighted by Crippen LogP contribution is -2.52. The highest BCUT2D eigenvalue weighted by molar-refractivity contribution is 6.31. The second kappa shape index (κ2) is 7.21. The van der Waals surface area contributed by atoms with Crippen molar-refractivity contribution in [2.75, 3.05) is 0 Å². The molecule has 6 atom stereocenters. The molecule has 0 radical (unpaired) electrons. The van der Waals surface area contributed by atoms with Gasteiger partial charge in [-0.25, -0.2) is 0 Å². The summed E-state index contributed by atoms with van der Waals surface area (Å²) in [6, 6.07) is 4.68. The molecule has 0 spiro atoms. The van der Waals surface area contributed by atoms with E-state index in [1.165, 1.54) is 17.0 Å². The van der Waals surface area contributed by atoms with Gasteiger partial charge in [-0.2, -0.15) is 0 Å². The first kappa shape index (κ1) is 20.3.